The molecule has 0 aliphatic rings. The molecule has 0 aliphatic heterocycles. The van der Waals surface area contributed by atoms with Crippen LogP contribution in [-0.4, -0.2) is 52.3 Å². The van der Waals surface area contributed by atoms with Gasteiger partial charge in [0.05, 0.1) is 37.6 Å². The number of benzene rings is 1. The van der Waals surface area contributed by atoms with Gasteiger partial charge in [0.25, 0.3) is 0 Å². The molecule has 2 aromatic heterocycles. The molecule has 0 bridgehead atoms. The molecule has 0 atom stereocenters. The minimum atomic E-state index is -3.96. The highest BCUT2D eigenvalue weighted by Crippen LogP contribution is 2.40. The highest BCUT2D eigenvalue weighted by Gasteiger charge is 2.23. The number of aromatic nitrogens is 2. The van der Waals surface area contributed by atoms with Crippen molar-refractivity contribution in [2.75, 3.05) is 33.2 Å². The molecule has 2 heterocycles. The first-order chi connectivity index (χ1) is 15.7. The lowest BCUT2D eigenvalue weighted by atomic mass is 10.2. The van der Waals surface area contributed by atoms with Crippen LogP contribution in [0.3, 0.4) is 0 Å². The van der Waals surface area contributed by atoms with E-state index in [1.807, 2.05) is 6.92 Å². The second-order valence-electron chi connectivity index (χ2n) is 6.68. The molecule has 3 aromatic rings. The van der Waals surface area contributed by atoms with E-state index in [0.29, 0.717) is 50.8 Å². The number of carbonyl (C=O) groups excluding carboxylic acids is 1. The molecule has 2 N–H and O–H groups in total. The van der Waals surface area contributed by atoms with Gasteiger partial charge in [0.15, 0.2) is 11.5 Å². The fourth-order valence-electron chi connectivity index (χ4n) is 2.94. The van der Waals surface area contributed by atoms with E-state index in [2.05, 4.69) is 20.2 Å². The second-order valence-corrected chi connectivity index (χ2v) is 9.67. The summed E-state index contributed by atoms with van der Waals surface area (Å²) in [6.07, 6.45) is 0.575. The van der Waals surface area contributed by atoms with Crippen LogP contribution in [0.4, 0.5) is 5.69 Å². The summed E-state index contributed by atoms with van der Waals surface area (Å²) < 4.78 is 48.7. The van der Waals surface area contributed by atoms with Gasteiger partial charge in [-0.1, -0.05) is 12.1 Å². The van der Waals surface area contributed by atoms with Gasteiger partial charge in [0.2, 0.25) is 33.4 Å². The predicted octanol–water partition coefficient (Wildman–Crippen LogP) is 2.61. The molecule has 178 valence electrons. The average molecular weight is 497 g/mol. The molecule has 1 amide bonds. The number of aryl methyl sites for hydroxylation is 2. The van der Waals surface area contributed by atoms with Crippen LogP contribution in [0.5, 0.6) is 17.2 Å². The van der Waals surface area contributed by atoms with Crippen molar-refractivity contribution in [2.24, 2.45) is 0 Å². The summed E-state index contributed by atoms with van der Waals surface area (Å²) in [6.45, 7) is 3.06. The molecule has 11 nitrogen and oxygen atoms in total. The van der Waals surface area contributed by atoms with Crippen LogP contribution >= 0.6 is 11.3 Å². The lowest BCUT2D eigenvalue weighted by molar-refractivity contribution is -0.115. The van der Waals surface area contributed by atoms with Crippen LogP contribution in [0.25, 0.3) is 10.7 Å². The first kappa shape index (κ1) is 24.5. The van der Waals surface area contributed by atoms with Crippen LogP contribution in [0, 0.1) is 6.92 Å². The first-order valence-electron chi connectivity index (χ1n) is 9.75. The highest BCUT2D eigenvalue weighted by molar-refractivity contribution is 7.89. The number of rotatable bonds is 10. The van der Waals surface area contributed by atoms with Gasteiger partial charge < -0.3 is 24.1 Å². The van der Waals surface area contributed by atoms with E-state index in [9.17, 15) is 13.2 Å². The van der Waals surface area contributed by atoms with Crippen molar-refractivity contribution < 1.29 is 31.9 Å². The van der Waals surface area contributed by atoms with Gasteiger partial charge in [0, 0.05) is 29.1 Å². The Balaban J connectivity index is 1.71. The Bertz CT molecular complexity index is 1230. The summed E-state index contributed by atoms with van der Waals surface area (Å²) in [5, 5.41) is 6.48. The Hall–Kier alpha value is -3.16. The lowest BCUT2D eigenvalue weighted by Crippen LogP contribution is -2.33. The molecule has 0 fully saturated rings. The van der Waals surface area contributed by atoms with E-state index in [1.165, 1.54) is 38.7 Å². The third-order valence-corrected chi connectivity index (χ3v) is 7.23. The van der Waals surface area contributed by atoms with Crippen molar-refractivity contribution in [1.82, 2.24) is 14.9 Å². The van der Waals surface area contributed by atoms with Crippen molar-refractivity contribution in [3.05, 3.63) is 29.0 Å². The molecule has 0 saturated carbocycles. The number of thiophene rings is 1. The maximum Gasteiger partial charge on any atom is 0.242 e. The van der Waals surface area contributed by atoms with Gasteiger partial charge >= 0.3 is 0 Å². The minimum Gasteiger partial charge on any atom is -0.493 e. The van der Waals surface area contributed by atoms with Gasteiger partial charge in [-0.3, -0.25) is 4.79 Å². The number of hydrogen-bond acceptors (Lipinski definition) is 10. The van der Waals surface area contributed by atoms with Crippen molar-refractivity contribution in [3.8, 4) is 28.0 Å². The molecular weight excluding hydrogens is 472 g/mol. The Morgan fingerprint density at radius 3 is 2.33 bits per heavy atom. The molecule has 0 aliphatic carbocycles. The first-order valence-corrected chi connectivity index (χ1v) is 12.0. The maximum absolute atomic E-state index is 12.8. The second kappa shape index (κ2) is 10.2. The molecule has 0 spiro atoms. The molecule has 1 aromatic carbocycles. The molecule has 3 rings (SSSR count). The largest absolute Gasteiger partial charge is 0.493 e. The quantitative estimate of drug-likeness (QED) is 0.433. The van der Waals surface area contributed by atoms with E-state index in [1.54, 1.807) is 19.1 Å². The zero-order valence-electron chi connectivity index (χ0n) is 18.7. The zero-order valence-corrected chi connectivity index (χ0v) is 20.3. The molecule has 0 radical (unpaired) electrons. The fraction of sp³-hybridized carbons (Fsp3) is 0.350. The molecule has 33 heavy (non-hydrogen) atoms. The Morgan fingerprint density at radius 1 is 1.12 bits per heavy atom. The monoisotopic (exact) mass is 496 g/mol. The van der Waals surface area contributed by atoms with Crippen LogP contribution < -0.4 is 24.2 Å². The smallest absolute Gasteiger partial charge is 0.242 e. The summed E-state index contributed by atoms with van der Waals surface area (Å²) in [6, 6.07) is 4.54. The zero-order chi connectivity index (χ0) is 24.2. The number of nitrogens with zero attached hydrogens (tertiary/aromatic N) is 2. The Morgan fingerprint density at radius 2 is 1.79 bits per heavy atom. The number of nitrogens with one attached hydrogen (secondary N) is 2. The van der Waals surface area contributed by atoms with Gasteiger partial charge in [-0.05, 0) is 13.0 Å². The fourth-order valence-corrected chi connectivity index (χ4v) is 5.43. The minimum absolute atomic E-state index is 0.0472. The number of sulfonamides is 1. The van der Waals surface area contributed by atoms with E-state index < -0.39 is 22.5 Å². The third kappa shape index (κ3) is 5.43. The van der Waals surface area contributed by atoms with E-state index in [4.69, 9.17) is 18.7 Å². The summed E-state index contributed by atoms with van der Waals surface area (Å²) in [4.78, 5) is 17.8. The lowest BCUT2D eigenvalue weighted by Gasteiger charge is -2.14. The summed E-state index contributed by atoms with van der Waals surface area (Å²) in [5.74, 6) is 1.27. The van der Waals surface area contributed by atoms with Crippen molar-refractivity contribution in [3.63, 3.8) is 0 Å². The van der Waals surface area contributed by atoms with Crippen LogP contribution in [0.1, 0.15) is 17.7 Å². The number of methoxy groups -OCH3 is 3. The summed E-state index contributed by atoms with van der Waals surface area (Å²) >= 11 is 1.22. The van der Waals surface area contributed by atoms with E-state index >= 15 is 0 Å². The predicted molar refractivity (Wildman–Crippen MR) is 122 cm³/mol. The van der Waals surface area contributed by atoms with Crippen LogP contribution in [0.15, 0.2) is 27.6 Å². The SMILES string of the molecule is CCc1nc(-c2cc(S(=O)(=O)NCC(=O)Nc3cc(OC)c(OC)c(OC)c3)c(C)s2)no1. The van der Waals surface area contributed by atoms with Gasteiger partial charge in [-0.15, -0.1) is 11.3 Å². The summed E-state index contributed by atoms with van der Waals surface area (Å²) in [7, 11) is 0.409. The van der Waals surface area contributed by atoms with Gasteiger partial charge in [-0.25, -0.2) is 13.1 Å². The molecule has 0 unspecified atom stereocenters. The third-order valence-electron chi connectivity index (χ3n) is 4.52. The van der Waals surface area contributed by atoms with Crippen molar-refractivity contribution in [2.45, 2.75) is 25.2 Å². The van der Waals surface area contributed by atoms with Gasteiger partial charge in [-0.2, -0.15) is 4.98 Å². The van der Waals surface area contributed by atoms with E-state index in [-0.39, 0.29) is 4.90 Å². The standard InChI is InChI=1S/C20H24N4O7S2/c1-6-18-23-20(24-31-18)15-9-16(11(2)32-15)33(26,27)21-10-17(25)22-12-7-13(28-3)19(30-5)14(8-12)29-4/h7-9,21H,6,10H2,1-5H3,(H,22,25). The molecule has 13 heteroatoms. The highest BCUT2D eigenvalue weighted by atomic mass is 32.2. The Labute approximate surface area is 195 Å². The normalized spacial score (nSPS) is 11.3. The number of carbonyl (C=O) groups is 1. The number of ether oxygens (including phenoxy) is 3. The molecular formula is C20H24N4O7S2. The number of anilines is 1. The van der Waals surface area contributed by atoms with Crippen LogP contribution in [0.2, 0.25) is 0 Å². The van der Waals surface area contributed by atoms with Crippen molar-refractivity contribution >= 4 is 33.0 Å². The Kier molecular flexibility index (Phi) is 7.56. The number of amides is 1. The molecule has 0 saturated heterocycles. The van der Waals surface area contributed by atoms with E-state index in [0.717, 1.165) is 0 Å². The van der Waals surface area contributed by atoms with Gasteiger partial charge in [0.1, 0.15) is 0 Å². The number of hydrogen-bond donors (Lipinski definition) is 2. The van der Waals surface area contributed by atoms with Crippen LogP contribution in [-0.2, 0) is 21.2 Å². The maximum atomic E-state index is 12.8. The van der Waals surface area contributed by atoms with Crippen molar-refractivity contribution in [1.29, 1.82) is 0 Å². The average Bonchev–Trinajstić information content (AvgIpc) is 3.44. The topological polar surface area (TPSA) is 142 Å². The summed E-state index contributed by atoms with van der Waals surface area (Å²) in [5.41, 5.74) is 0.353.